The van der Waals surface area contributed by atoms with Crippen molar-refractivity contribution in [3.8, 4) is 22.7 Å². The molecule has 0 saturated carbocycles. The van der Waals surface area contributed by atoms with E-state index in [1.54, 1.807) is 43.5 Å². The van der Waals surface area contributed by atoms with Gasteiger partial charge in [0.2, 0.25) is 11.8 Å². The Morgan fingerprint density at radius 2 is 1.79 bits per heavy atom. The van der Waals surface area contributed by atoms with Gasteiger partial charge >= 0.3 is 5.97 Å². The molecule has 0 aliphatic heterocycles. The van der Waals surface area contributed by atoms with E-state index in [1.165, 1.54) is 0 Å². The molecule has 0 atom stereocenters. The summed E-state index contributed by atoms with van der Waals surface area (Å²) >= 11 is 0. The number of pyridine rings is 1. The van der Waals surface area contributed by atoms with Crippen molar-refractivity contribution < 1.29 is 14.0 Å². The molecule has 0 unspecified atom stereocenters. The van der Waals surface area contributed by atoms with E-state index >= 15 is 0 Å². The number of aryl methyl sites for hydroxylation is 1. The summed E-state index contributed by atoms with van der Waals surface area (Å²) in [6, 6.07) is 20.0. The highest BCUT2D eigenvalue weighted by molar-refractivity contribution is 5.89. The highest BCUT2D eigenvalue weighted by atomic mass is 16.7. The fourth-order valence-corrected chi connectivity index (χ4v) is 2.59. The molecule has 138 valence electrons. The first kappa shape index (κ1) is 17.4. The molecule has 2 aromatic carbocycles. The van der Waals surface area contributed by atoms with Crippen molar-refractivity contribution >= 4 is 11.7 Å². The van der Waals surface area contributed by atoms with Crippen molar-refractivity contribution in [1.29, 1.82) is 0 Å². The van der Waals surface area contributed by atoms with Gasteiger partial charge in [-0.3, -0.25) is 4.98 Å². The number of nitrogens with zero attached hydrogens (tertiary/aromatic N) is 3. The largest absolute Gasteiger partial charge is 0.421 e. The van der Waals surface area contributed by atoms with E-state index in [4.69, 9.17) is 9.25 Å². The van der Waals surface area contributed by atoms with Crippen LogP contribution in [0.2, 0.25) is 0 Å². The van der Waals surface area contributed by atoms with E-state index in [1.807, 2.05) is 36.4 Å². The lowest BCUT2D eigenvalue weighted by Crippen LogP contribution is -2.10. The van der Waals surface area contributed by atoms with E-state index in [-0.39, 0.29) is 0 Å². The fourth-order valence-electron chi connectivity index (χ4n) is 2.59. The maximum absolute atomic E-state index is 12.0. The number of carbonyl (C=O) groups is 1. The molecule has 28 heavy (non-hydrogen) atoms. The van der Waals surface area contributed by atoms with Gasteiger partial charge in [-0.2, -0.15) is 0 Å². The predicted octanol–water partition coefficient (Wildman–Crippen LogP) is 4.29. The van der Waals surface area contributed by atoms with Gasteiger partial charge in [-0.1, -0.05) is 30.3 Å². The summed E-state index contributed by atoms with van der Waals surface area (Å²) in [5.74, 6) is 0.511. The first-order chi connectivity index (χ1) is 13.7. The number of hydrogen-bond acceptors (Lipinski definition) is 7. The Bertz CT molecular complexity index is 1090. The second kappa shape index (κ2) is 7.71. The molecule has 7 nitrogen and oxygen atoms in total. The van der Waals surface area contributed by atoms with Crippen LogP contribution < -0.4 is 5.48 Å². The number of anilines is 1. The summed E-state index contributed by atoms with van der Waals surface area (Å²) in [6.45, 7) is 1.75. The van der Waals surface area contributed by atoms with Crippen molar-refractivity contribution in [2.45, 2.75) is 6.92 Å². The SMILES string of the molecule is Cc1nnc(-c2cccc(-c3ccc(NOC(=O)c4ccccc4)cn3)c2)o1. The molecule has 2 aromatic heterocycles. The van der Waals surface area contributed by atoms with E-state index in [0.29, 0.717) is 23.0 Å². The quantitative estimate of drug-likeness (QED) is 0.523. The zero-order valence-corrected chi connectivity index (χ0v) is 15.0. The third-order valence-corrected chi connectivity index (χ3v) is 3.97. The van der Waals surface area contributed by atoms with Gasteiger partial charge in [0.15, 0.2) is 0 Å². The summed E-state index contributed by atoms with van der Waals surface area (Å²) in [5.41, 5.74) is 6.13. The number of carbonyl (C=O) groups excluding carboxylic acids is 1. The number of benzene rings is 2. The zero-order valence-electron chi connectivity index (χ0n) is 15.0. The summed E-state index contributed by atoms with van der Waals surface area (Å²) < 4.78 is 5.47. The monoisotopic (exact) mass is 372 g/mol. The average Bonchev–Trinajstić information content (AvgIpc) is 3.19. The highest BCUT2D eigenvalue weighted by Gasteiger charge is 2.09. The number of nitrogens with one attached hydrogen (secondary N) is 1. The Morgan fingerprint density at radius 1 is 0.964 bits per heavy atom. The van der Waals surface area contributed by atoms with Crippen LogP contribution in [-0.2, 0) is 4.84 Å². The van der Waals surface area contributed by atoms with Gasteiger partial charge in [0.25, 0.3) is 0 Å². The van der Waals surface area contributed by atoms with Gasteiger partial charge in [-0.25, -0.2) is 10.3 Å². The topological polar surface area (TPSA) is 90.1 Å². The standard InChI is InChI=1S/C21H16N4O3/c1-14-23-24-20(27-14)17-9-5-8-16(12-17)19-11-10-18(13-22-19)25-28-21(26)15-6-3-2-4-7-15/h2-13,25H,1H3. The lowest BCUT2D eigenvalue weighted by Gasteiger charge is -2.08. The van der Waals surface area contributed by atoms with Gasteiger partial charge in [0, 0.05) is 18.1 Å². The van der Waals surface area contributed by atoms with Crippen LogP contribution in [0.25, 0.3) is 22.7 Å². The lowest BCUT2D eigenvalue weighted by molar-refractivity contribution is 0.0596. The second-order valence-corrected chi connectivity index (χ2v) is 6.00. The van der Waals surface area contributed by atoms with Crippen LogP contribution >= 0.6 is 0 Å². The first-order valence-corrected chi connectivity index (χ1v) is 8.58. The minimum Gasteiger partial charge on any atom is -0.421 e. The van der Waals surface area contributed by atoms with Crippen LogP contribution in [0.5, 0.6) is 0 Å². The molecule has 0 spiro atoms. The summed E-state index contributed by atoms with van der Waals surface area (Å²) in [4.78, 5) is 21.5. The van der Waals surface area contributed by atoms with Gasteiger partial charge in [0.1, 0.15) is 0 Å². The molecule has 0 bridgehead atoms. The fraction of sp³-hybridized carbons (Fsp3) is 0.0476. The maximum Gasteiger partial charge on any atom is 0.362 e. The molecular weight excluding hydrogens is 356 g/mol. The average molecular weight is 372 g/mol. The van der Waals surface area contributed by atoms with Gasteiger partial charge in [-0.05, 0) is 36.4 Å². The smallest absolute Gasteiger partial charge is 0.362 e. The molecule has 2 heterocycles. The van der Waals surface area contributed by atoms with E-state index in [2.05, 4.69) is 20.7 Å². The Hall–Kier alpha value is -4.00. The number of rotatable bonds is 5. The van der Waals surface area contributed by atoms with Crippen LogP contribution in [0.1, 0.15) is 16.2 Å². The zero-order chi connectivity index (χ0) is 19.3. The molecule has 1 N–H and O–H groups in total. The number of hydrogen-bond donors (Lipinski definition) is 1. The molecule has 0 saturated heterocycles. The van der Waals surface area contributed by atoms with Gasteiger partial charge < -0.3 is 9.25 Å². The van der Waals surface area contributed by atoms with Crippen LogP contribution in [-0.4, -0.2) is 21.2 Å². The van der Waals surface area contributed by atoms with Crippen LogP contribution in [0.4, 0.5) is 5.69 Å². The van der Waals surface area contributed by atoms with Crippen molar-refractivity contribution in [2.24, 2.45) is 0 Å². The summed E-state index contributed by atoms with van der Waals surface area (Å²) in [6.07, 6.45) is 1.59. The second-order valence-electron chi connectivity index (χ2n) is 6.00. The van der Waals surface area contributed by atoms with E-state index in [0.717, 1.165) is 16.8 Å². The third kappa shape index (κ3) is 3.88. The molecule has 0 aliphatic carbocycles. The molecule has 4 rings (SSSR count). The Labute approximate surface area is 161 Å². The minimum absolute atomic E-state index is 0.463. The maximum atomic E-state index is 12.0. The third-order valence-electron chi connectivity index (χ3n) is 3.97. The van der Waals surface area contributed by atoms with Crippen LogP contribution in [0, 0.1) is 6.92 Å². The molecule has 4 aromatic rings. The molecule has 7 heteroatoms. The molecule has 0 fully saturated rings. The Kier molecular flexibility index (Phi) is 4.79. The normalized spacial score (nSPS) is 10.5. The van der Waals surface area contributed by atoms with E-state index in [9.17, 15) is 4.79 Å². The predicted molar refractivity (Wildman–Crippen MR) is 103 cm³/mol. The molecular formula is C21H16N4O3. The van der Waals surface area contributed by atoms with Crippen molar-refractivity contribution in [1.82, 2.24) is 15.2 Å². The Morgan fingerprint density at radius 3 is 2.50 bits per heavy atom. The highest BCUT2D eigenvalue weighted by Crippen LogP contribution is 2.25. The minimum atomic E-state index is -0.466. The summed E-state index contributed by atoms with van der Waals surface area (Å²) in [7, 11) is 0. The van der Waals surface area contributed by atoms with Gasteiger partial charge in [0.05, 0.1) is 23.1 Å². The van der Waals surface area contributed by atoms with Crippen molar-refractivity contribution in [3.05, 3.63) is 84.4 Å². The van der Waals surface area contributed by atoms with E-state index < -0.39 is 5.97 Å². The van der Waals surface area contributed by atoms with Crippen molar-refractivity contribution in [3.63, 3.8) is 0 Å². The van der Waals surface area contributed by atoms with Crippen molar-refractivity contribution in [2.75, 3.05) is 5.48 Å². The molecule has 0 radical (unpaired) electrons. The first-order valence-electron chi connectivity index (χ1n) is 8.58. The Balaban J connectivity index is 1.45. The van der Waals surface area contributed by atoms with Crippen LogP contribution in [0.15, 0.2) is 77.3 Å². The lowest BCUT2D eigenvalue weighted by atomic mass is 10.1. The van der Waals surface area contributed by atoms with Gasteiger partial charge in [-0.15, -0.1) is 10.2 Å². The molecule has 0 amide bonds. The summed E-state index contributed by atoms with van der Waals surface area (Å²) in [5, 5.41) is 7.89. The molecule has 0 aliphatic rings. The van der Waals surface area contributed by atoms with Crippen LogP contribution in [0.3, 0.4) is 0 Å². The number of aromatic nitrogens is 3.